The van der Waals surface area contributed by atoms with Crippen molar-refractivity contribution in [1.29, 1.82) is 0 Å². The van der Waals surface area contributed by atoms with Gasteiger partial charge in [0, 0.05) is 18.7 Å². The molecule has 2 rings (SSSR count). The van der Waals surface area contributed by atoms with Crippen molar-refractivity contribution in [3.8, 4) is 11.8 Å². The molecule has 0 bridgehead atoms. The van der Waals surface area contributed by atoms with E-state index in [-0.39, 0.29) is 34.6 Å². The van der Waals surface area contributed by atoms with Gasteiger partial charge in [0.15, 0.2) is 0 Å². The molecule has 1 heterocycles. The maximum absolute atomic E-state index is 12.6. The minimum atomic E-state index is -3.77. The van der Waals surface area contributed by atoms with Crippen molar-refractivity contribution < 1.29 is 18.3 Å². The van der Waals surface area contributed by atoms with Crippen molar-refractivity contribution in [3.63, 3.8) is 0 Å². The van der Waals surface area contributed by atoms with Gasteiger partial charge in [-0.2, -0.15) is 4.31 Å². The second kappa shape index (κ2) is 6.97. The van der Waals surface area contributed by atoms with Crippen molar-refractivity contribution in [1.82, 2.24) is 4.31 Å². The molecule has 0 amide bonds. The number of nitrogens with zero attached hydrogens (tertiary/aromatic N) is 1. The third kappa shape index (κ3) is 3.69. The van der Waals surface area contributed by atoms with E-state index in [0.29, 0.717) is 18.8 Å². The van der Waals surface area contributed by atoms with E-state index in [0.717, 1.165) is 0 Å². The van der Waals surface area contributed by atoms with Crippen LogP contribution >= 0.6 is 23.2 Å². The van der Waals surface area contributed by atoms with Crippen LogP contribution in [0.15, 0.2) is 17.0 Å². The predicted octanol–water partition coefficient (Wildman–Crippen LogP) is 1.36. The Hall–Kier alpha value is -0.810. The van der Waals surface area contributed by atoms with Crippen LogP contribution in [-0.2, 0) is 14.8 Å². The molecule has 8 heteroatoms. The van der Waals surface area contributed by atoms with Crippen molar-refractivity contribution in [2.24, 2.45) is 0 Å². The molecule has 0 radical (unpaired) electrons. The lowest BCUT2D eigenvalue weighted by molar-refractivity contribution is 0.0730. The van der Waals surface area contributed by atoms with Crippen molar-refractivity contribution >= 4 is 33.2 Å². The molecule has 114 valence electrons. The molecule has 0 spiro atoms. The third-order valence-corrected chi connectivity index (χ3v) is 5.70. The molecule has 1 aliphatic rings. The van der Waals surface area contributed by atoms with Crippen LogP contribution < -0.4 is 0 Å². The number of halogens is 2. The molecule has 1 aromatic carbocycles. The van der Waals surface area contributed by atoms with E-state index in [1.165, 1.54) is 16.4 Å². The molecule has 1 fully saturated rings. The Morgan fingerprint density at radius 1 is 1.24 bits per heavy atom. The van der Waals surface area contributed by atoms with Crippen LogP contribution in [0.25, 0.3) is 0 Å². The van der Waals surface area contributed by atoms with Gasteiger partial charge in [0.05, 0.1) is 23.3 Å². The summed E-state index contributed by atoms with van der Waals surface area (Å²) in [5.41, 5.74) is 0.444. The highest BCUT2D eigenvalue weighted by atomic mass is 35.5. The third-order valence-electron chi connectivity index (χ3n) is 2.88. The Kier molecular flexibility index (Phi) is 5.49. The van der Waals surface area contributed by atoms with E-state index < -0.39 is 10.0 Å². The van der Waals surface area contributed by atoms with Gasteiger partial charge in [-0.15, -0.1) is 0 Å². The average molecular weight is 350 g/mol. The van der Waals surface area contributed by atoms with Gasteiger partial charge >= 0.3 is 0 Å². The zero-order valence-electron chi connectivity index (χ0n) is 11.0. The van der Waals surface area contributed by atoms with Crippen LogP contribution in [0.2, 0.25) is 10.0 Å². The second-order valence-corrected chi connectivity index (χ2v) is 6.93. The van der Waals surface area contributed by atoms with E-state index in [9.17, 15) is 8.42 Å². The highest BCUT2D eigenvalue weighted by molar-refractivity contribution is 7.89. The molecule has 0 saturated carbocycles. The van der Waals surface area contributed by atoms with Gasteiger partial charge in [-0.3, -0.25) is 0 Å². The summed E-state index contributed by atoms with van der Waals surface area (Å²) >= 11 is 12.1. The Morgan fingerprint density at radius 2 is 1.81 bits per heavy atom. The number of aliphatic hydroxyl groups is 1. The number of sulfonamides is 1. The highest BCUT2D eigenvalue weighted by Gasteiger charge is 2.30. The van der Waals surface area contributed by atoms with Crippen molar-refractivity contribution in [3.05, 3.63) is 27.7 Å². The lowest BCUT2D eigenvalue weighted by Crippen LogP contribution is -2.40. The quantitative estimate of drug-likeness (QED) is 0.818. The summed E-state index contributed by atoms with van der Waals surface area (Å²) in [4.78, 5) is -0.123. The number of rotatable bonds is 2. The van der Waals surface area contributed by atoms with Gasteiger partial charge in [-0.1, -0.05) is 35.0 Å². The molecule has 0 aromatic heterocycles. The van der Waals surface area contributed by atoms with E-state index in [1.807, 2.05) is 0 Å². The van der Waals surface area contributed by atoms with Crippen LogP contribution in [0.5, 0.6) is 0 Å². The Balaban J connectivity index is 2.43. The largest absolute Gasteiger partial charge is 0.384 e. The monoisotopic (exact) mass is 349 g/mol. The number of aliphatic hydroxyl groups excluding tert-OH is 1. The molecule has 0 atom stereocenters. The summed E-state index contributed by atoms with van der Waals surface area (Å²) in [5, 5.41) is 8.69. The predicted molar refractivity (Wildman–Crippen MR) is 80.0 cm³/mol. The average Bonchev–Trinajstić information content (AvgIpc) is 2.45. The summed E-state index contributed by atoms with van der Waals surface area (Å²) in [6, 6.07) is 2.84. The SMILES string of the molecule is O=S(=O)(c1c(Cl)cc(C#CCO)cc1Cl)N1CCOCC1. The summed E-state index contributed by atoms with van der Waals surface area (Å²) in [6.07, 6.45) is 0. The van der Waals surface area contributed by atoms with Gasteiger partial charge in [-0.05, 0) is 12.1 Å². The Morgan fingerprint density at radius 3 is 2.33 bits per heavy atom. The number of morpholine rings is 1. The molecule has 1 aromatic rings. The van der Waals surface area contributed by atoms with Gasteiger partial charge in [0.2, 0.25) is 10.0 Å². The first-order valence-corrected chi connectivity index (χ1v) is 8.33. The normalized spacial score (nSPS) is 16.3. The maximum atomic E-state index is 12.6. The molecule has 5 nitrogen and oxygen atoms in total. The van der Waals surface area contributed by atoms with Crippen LogP contribution in [0.1, 0.15) is 5.56 Å². The molecule has 1 saturated heterocycles. The van der Waals surface area contributed by atoms with E-state index in [1.54, 1.807) is 0 Å². The van der Waals surface area contributed by atoms with Crippen molar-refractivity contribution in [2.45, 2.75) is 4.90 Å². The molecular formula is C13H13Cl2NO4S. The number of ether oxygens (including phenoxy) is 1. The lowest BCUT2D eigenvalue weighted by Gasteiger charge is -2.26. The Labute approximate surface area is 133 Å². The minimum absolute atomic E-state index is 0.0104. The number of benzene rings is 1. The molecule has 1 aliphatic heterocycles. The summed E-state index contributed by atoms with van der Waals surface area (Å²) in [6.45, 7) is 0.911. The van der Waals surface area contributed by atoms with Crippen LogP contribution in [0, 0.1) is 11.8 Å². The zero-order chi connectivity index (χ0) is 15.5. The van der Waals surface area contributed by atoms with Gasteiger partial charge in [0.25, 0.3) is 0 Å². The van der Waals surface area contributed by atoms with Gasteiger partial charge in [-0.25, -0.2) is 8.42 Å². The van der Waals surface area contributed by atoms with Crippen LogP contribution in [0.4, 0.5) is 0 Å². The fraction of sp³-hybridized carbons (Fsp3) is 0.385. The first-order valence-electron chi connectivity index (χ1n) is 6.13. The fourth-order valence-electron chi connectivity index (χ4n) is 1.94. The summed E-state index contributed by atoms with van der Waals surface area (Å²) < 4.78 is 31.6. The van der Waals surface area contributed by atoms with Crippen LogP contribution in [0.3, 0.4) is 0 Å². The van der Waals surface area contributed by atoms with Gasteiger partial charge in [0.1, 0.15) is 11.5 Å². The molecule has 1 N–H and O–H groups in total. The van der Waals surface area contributed by atoms with E-state index in [4.69, 9.17) is 33.0 Å². The van der Waals surface area contributed by atoms with Crippen LogP contribution in [-0.4, -0.2) is 50.7 Å². The summed E-state index contributed by atoms with van der Waals surface area (Å²) in [5.74, 6) is 5.09. The number of hydrogen-bond acceptors (Lipinski definition) is 4. The fourth-order valence-corrected chi connectivity index (χ4v) is 4.51. The standard InChI is InChI=1S/C13H13Cl2NO4S/c14-11-8-10(2-1-5-17)9-12(15)13(11)21(18,19)16-3-6-20-7-4-16/h8-9,17H,3-7H2. The molecular weight excluding hydrogens is 337 g/mol. The lowest BCUT2D eigenvalue weighted by atomic mass is 10.2. The first kappa shape index (κ1) is 16.6. The summed E-state index contributed by atoms with van der Waals surface area (Å²) in [7, 11) is -3.77. The Bertz CT molecular complexity index is 665. The smallest absolute Gasteiger partial charge is 0.246 e. The topological polar surface area (TPSA) is 66.8 Å². The zero-order valence-corrected chi connectivity index (χ0v) is 13.3. The second-order valence-electron chi connectivity index (χ2n) is 4.25. The minimum Gasteiger partial charge on any atom is -0.384 e. The highest BCUT2D eigenvalue weighted by Crippen LogP contribution is 2.33. The maximum Gasteiger partial charge on any atom is 0.246 e. The molecule has 21 heavy (non-hydrogen) atoms. The first-order chi connectivity index (χ1) is 9.96. The number of hydrogen-bond donors (Lipinski definition) is 1. The molecule has 0 aliphatic carbocycles. The van der Waals surface area contributed by atoms with E-state index >= 15 is 0 Å². The van der Waals surface area contributed by atoms with Crippen molar-refractivity contribution in [2.75, 3.05) is 32.9 Å². The van der Waals surface area contributed by atoms with E-state index in [2.05, 4.69) is 11.8 Å². The molecule has 0 unspecified atom stereocenters. The van der Waals surface area contributed by atoms with Gasteiger partial charge < -0.3 is 9.84 Å².